The number of benzene rings is 3. The van der Waals surface area contributed by atoms with Gasteiger partial charge >= 0.3 is 0 Å². The number of amides is 1. The number of nitrogens with zero attached hydrogens (tertiary/aromatic N) is 1. The highest BCUT2D eigenvalue weighted by atomic mass is 35.5. The van der Waals surface area contributed by atoms with Gasteiger partial charge < -0.3 is 18.9 Å². The van der Waals surface area contributed by atoms with Gasteiger partial charge in [0, 0.05) is 5.56 Å². The molecule has 1 N–H and O–H groups in total. The van der Waals surface area contributed by atoms with E-state index in [1.165, 1.54) is 19.7 Å². The van der Waals surface area contributed by atoms with Crippen molar-refractivity contribution in [2.24, 2.45) is 5.10 Å². The van der Waals surface area contributed by atoms with Crippen molar-refractivity contribution in [1.29, 1.82) is 0 Å². The lowest BCUT2D eigenvalue weighted by Crippen LogP contribution is -2.17. The number of hydrogen-bond donors (Lipinski definition) is 1. The summed E-state index contributed by atoms with van der Waals surface area (Å²) in [6, 6.07) is 18.2. The van der Waals surface area contributed by atoms with E-state index in [2.05, 4.69) is 17.5 Å². The summed E-state index contributed by atoms with van der Waals surface area (Å²) in [6.07, 6.45) is 5.89. The molecule has 3 aromatic rings. The number of rotatable bonds is 14. The van der Waals surface area contributed by atoms with Gasteiger partial charge in [-0.25, -0.2) is 5.43 Å². The van der Waals surface area contributed by atoms with Crippen LogP contribution in [-0.4, -0.2) is 32.9 Å². The van der Waals surface area contributed by atoms with E-state index in [-0.39, 0.29) is 0 Å². The molecule has 7 nitrogen and oxygen atoms in total. The van der Waals surface area contributed by atoms with Crippen LogP contribution in [0.2, 0.25) is 5.02 Å². The van der Waals surface area contributed by atoms with Gasteiger partial charge in [-0.2, -0.15) is 5.10 Å². The summed E-state index contributed by atoms with van der Waals surface area (Å²) in [5, 5.41) is 4.48. The van der Waals surface area contributed by atoms with Gasteiger partial charge in [0.1, 0.15) is 6.61 Å². The van der Waals surface area contributed by atoms with Gasteiger partial charge in [0.05, 0.1) is 32.1 Å². The molecule has 3 aromatic carbocycles. The van der Waals surface area contributed by atoms with Crippen molar-refractivity contribution in [2.45, 2.75) is 39.2 Å². The number of unbranched alkanes of at least 4 members (excludes halogenated alkanes) is 3. The summed E-state index contributed by atoms with van der Waals surface area (Å²) in [6.45, 7) is 3.13. The van der Waals surface area contributed by atoms with Crippen LogP contribution < -0.4 is 24.4 Å². The molecule has 196 valence electrons. The number of carbonyl (C=O) groups excluding carboxylic acids is 1. The van der Waals surface area contributed by atoms with Crippen LogP contribution in [0.4, 0.5) is 0 Å². The van der Waals surface area contributed by atoms with Crippen LogP contribution >= 0.6 is 11.6 Å². The molecule has 0 bridgehead atoms. The van der Waals surface area contributed by atoms with Crippen molar-refractivity contribution in [1.82, 2.24) is 5.43 Å². The molecule has 0 saturated carbocycles. The number of halogens is 1. The third-order valence-electron chi connectivity index (χ3n) is 5.54. The van der Waals surface area contributed by atoms with Crippen molar-refractivity contribution >= 4 is 23.7 Å². The van der Waals surface area contributed by atoms with E-state index in [1.807, 2.05) is 30.3 Å². The van der Waals surface area contributed by atoms with Gasteiger partial charge in [0.25, 0.3) is 5.91 Å². The van der Waals surface area contributed by atoms with Crippen LogP contribution in [0.3, 0.4) is 0 Å². The molecule has 0 aliphatic rings. The highest BCUT2D eigenvalue weighted by molar-refractivity contribution is 6.32. The second-order valence-corrected chi connectivity index (χ2v) is 8.69. The molecule has 1 amide bonds. The second-order valence-electron chi connectivity index (χ2n) is 8.28. The van der Waals surface area contributed by atoms with E-state index in [9.17, 15) is 4.79 Å². The predicted molar refractivity (Wildman–Crippen MR) is 146 cm³/mol. The summed E-state index contributed by atoms with van der Waals surface area (Å²) >= 11 is 6.42. The van der Waals surface area contributed by atoms with Gasteiger partial charge in [-0.05, 0) is 47.9 Å². The van der Waals surface area contributed by atoms with Gasteiger partial charge in [-0.15, -0.1) is 0 Å². The van der Waals surface area contributed by atoms with E-state index >= 15 is 0 Å². The predicted octanol–water partition coefficient (Wildman–Crippen LogP) is 6.66. The van der Waals surface area contributed by atoms with E-state index < -0.39 is 5.91 Å². The summed E-state index contributed by atoms with van der Waals surface area (Å²) in [5.41, 5.74) is 4.59. The van der Waals surface area contributed by atoms with Crippen molar-refractivity contribution in [3.05, 3.63) is 82.4 Å². The Labute approximate surface area is 223 Å². The highest BCUT2D eigenvalue weighted by Gasteiger charge is 2.13. The number of nitrogens with one attached hydrogen (secondary N) is 1. The van der Waals surface area contributed by atoms with E-state index in [0.29, 0.717) is 52.4 Å². The number of carbonyl (C=O) groups is 1. The Morgan fingerprint density at radius 1 is 0.919 bits per heavy atom. The molecule has 0 heterocycles. The minimum absolute atomic E-state index is 0.378. The molecule has 0 saturated heterocycles. The molecule has 0 radical (unpaired) electrons. The van der Waals surface area contributed by atoms with Crippen LogP contribution in [0.1, 0.15) is 54.1 Å². The smallest absolute Gasteiger partial charge is 0.271 e. The van der Waals surface area contributed by atoms with Gasteiger partial charge in [-0.3, -0.25) is 4.79 Å². The van der Waals surface area contributed by atoms with Gasteiger partial charge in [-0.1, -0.05) is 68.1 Å². The lowest BCUT2D eigenvalue weighted by Gasteiger charge is -2.13. The molecular weight excluding hydrogens is 492 g/mol. The van der Waals surface area contributed by atoms with Crippen LogP contribution in [-0.2, 0) is 6.61 Å². The highest BCUT2D eigenvalue weighted by Crippen LogP contribution is 2.36. The maximum absolute atomic E-state index is 12.6. The standard InChI is InChI=1S/C29H33ClN2O5/c1-4-5-6-10-15-36-28-24(30)16-22(17-27(28)35-3)19-31-32-29(33)23-13-14-25(26(18-23)34-2)37-20-21-11-8-7-9-12-21/h7-9,11-14,16-19H,4-6,10,15,20H2,1-3H3,(H,32,33)/b31-19+. The molecule has 0 unspecified atom stereocenters. The third kappa shape index (κ3) is 8.43. The molecule has 0 aromatic heterocycles. The Kier molecular flexibility index (Phi) is 11.1. The number of ether oxygens (including phenoxy) is 4. The largest absolute Gasteiger partial charge is 0.493 e. The number of hydrogen-bond acceptors (Lipinski definition) is 6. The first-order valence-corrected chi connectivity index (χ1v) is 12.6. The zero-order valence-electron chi connectivity index (χ0n) is 21.5. The molecule has 0 fully saturated rings. The summed E-state index contributed by atoms with van der Waals surface area (Å²) < 4.78 is 22.5. The minimum atomic E-state index is -0.394. The number of methoxy groups -OCH3 is 2. The summed E-state index contributed by atoms with van der Waals surface area (Å²) in [4.78, 5) is 12.6. The Balaban J connectivity index is 1.60. The first-order valence-electron chi connectivity index (χ1n) is 12.2. The van der Waals surface area contributed by atoms with Crippen molar-refractivity contribution in [3.8, 4) is 23.0 Å². The average molecular weight is 525 g/mol. The molecule has 37 heavy (non-hydrogen) atoms. The summed E-state index contributed by atoms with van der Waals surface area (Å²) in [7, 11) is 3.08. The quantitative estimate of drug-likeness (QED) is 0.145. The third-order valence-corrected chi connectivity index (χ3v) is 5.82. The molecule has 0 aliphatic heterocycles. The van der Waals surface area contributed by atoms with Crippen molar-refractivity contribution in [2.75, 3.05) is 20.8 Å². The maximum atomic E-state index is 12.6. The Morgan fingerprint density at radius 3 is 2.43 bits per heavy atom. The Morgan fingerprint density at radius 2 is 1.70 bits per heavy atom. The van der Waals surface area contributed by atoms with Gasteiger partial charge in [0.2, 0.25) is 0 Å². The summed E-state index contributed by atoms with van der Waals surface area (Å²) in [5.74, 6) is 1.61. The monoisotopic (exact) mass is 524 g/mol. The molecule has 0 atom stereocenters. The Bertz CT molecular complexity index is 1180. The Hall–Kier alpha value is -3.71. The van der Waals surface area contributed by atoms with Crippen LogP contribution in [0.25, 0.3) is 0 Å². The normalized spacial score (nSPS) is 10.8. The molecule has 0 spiro atoms. The lowest BCUT2D eigenvalue weighted by molar-refractivity contribution is 0.0954. The van der Waals surface area contributed by atoms with E-state index in [0.717, 1.165) is 24.8 Å². The molecular formula is C29H33ClN2O5. The topological polar surface area (TPSA) is 78.4 Å². The van der Waals surface area contributed by atoms with Crippen LogP contribution in [0, 0.1) is 0 Å². The molecule has 8 heteroatoms. The van der Waals surface area contributed by atoms with Gasteiger partial charge in [0.15, 0.2) is 23.0 Å². The number of hydrazone groups is 1. The first kappa shape index (κ1) is 27.9. The van der Waals surface area contributed by atoms with E-state index in [4.69, 9.17) is 30.5 Å². The SMILES string of the molecule is CCCCCCOc1c(Cl)cc(/C=N/NC(=O)c2ccc(OCc3ccccc3)c(OC)c2)cc1OC. The first-order chi connectivity index (χ1) is 18.0. The molecule has 0 aliphatic carbocycles. The van der Waals surface area contributed by atoms with Crippen LogP contribution in [0.5, 0.6) is 23.0 Å². The van der Waals surface area contributed by atoms with Crippen molar-refractivity contribution in [3.63, 3.8) is 0 Å². The zero-order valence-corrected chi connectivity index (χ0v) is 22.2. The minimum Gasteiger partial charge on any atom is -0.493 e. The van der Waals surface area contributed by atoms with E-state index in [1.54, 1.807) is 37.4 Å². The fourth-order valence-electron chi connectivity index (χ4n) is 3.55. The molecule has 3 rings (SSSR count). The fraction of sp³-hybridized carbons (Fsp3) is 0.310. The maximum Gasteiger partial charge on any atom is 0.271 e. The zero-order chi connectivity index (χ0) is 26.5. The van der Waals surface area contributed by atoms with Crippen molar-refractivity contribution < 1.29 is 23.7 Å². The second kappa shape index (κ2) is 14.8. The fourth-order valence-corrected chi connectivity index (χ4v) is 3.82. The lowest BCUT2D eigenvalue weighted by atomic mass is 10.2. The van der Waals surface area contributed by atoms with Crippen LogP contribution in [0.15, 0.2) is 65.8 Å². The average Bonchev–Trinajstić information content (AvgIpc) is 2.92.